The average Bonchev–Trinajstić information content (AvgIpc) is 2.33. The van der Waals surface area contributed by atoms with E-state index in [4.69, 9.17) is 14.6 Å². The van der Waals surface area contributed by atoms with Crippen LogP contribution in [0, 0.1) is 0 Å². The first-order valence-electron chi connectivity index (χ1n) is 6.67. The monoisotopic (exact) mass is 273 g/mol. The van der Waals surface area contributed by atoms with E-state index in [-0.39, 0.29) is 24.7 Å². The van der Waals surface area contributed by atoms with Crippen molar-refractivity contribution >= 4 is 11.9 Å². The maximum Gasteiger partial charge on any atom is 0.334 e. The Morgan fingerprint density at radius 1 is 1.42 bits per heavy atom. The Hall–Kier alpha value is -1.14. The highest BCUT2D eigenvalue weighted by molar-refractivity contribution is 5.78. The fourth-order valence-electron chi connectivity index (χ4n) is 1.99. The smallest absolute Gasteiger partial charge is 0.334 e. The molecule has 0 radical (unpaired) electrons. The lowest BCUT2D eigenvalue weighted by atomic mass is 10.2. The molecule has 1 rings (SSSR count). The highest BCUT2D eigenvalue weighted by atomic mass is 16.5. The van der Waals surface area contributed by atoms with Gasteiger partial charge in [0.2, 0.25) is 5.91 Å². The molecule has 1 saturated heterocycles. The average molecular weight is 273 g/mol. The summed E-state index contributed by atoms with van der Waals surface area (Å²) in [6, 6.07) is 0. The largest absolute Gasteiger partial charge is 0.479 e. The number of carbonyl (C=O) groups is 2. The van der Waals surface area contributed by atoms with Crippen LogP contribution in [-0.2, 0) is 19.1 Å². The Morgan fingerprint density at radius 2 is 2.11 bits per heavy atom. The van der Waals surface area contributed by atoms with Crippen LogP contribution in [0.25, 0.3) is 0 Å². The number of morpholine rings is 1. The molecular formula is C13H23NO5. The maximum atomic E-state index is 12.0. The van der Waals surface area contributed by atoms with E-state index >= 15 is 0 Å². The van der Waals surface area contributed by atoms with Gasteiger partial charge in [-0.3, -0.25) is 4.79 Å². The lowest BCUT2D eigenvalue weighted by molar-refractivity contribution is -0.166. The van der Waals surface area contributed by atoms with Crippen LogP contribution in [0.5, 0.6) is 0 Å². The fraction of sp³-hybridized carbons (Fsp3) is 0.846. The first kappa shape index (κ1) is 15.9. The van der Waals surface area contributed by atoms with Crippen LogP contribution in [0.15, 0.2) is 0 Å². The maximum absolute atomic E-state index is 12.0. The van der Waals surface area contributed by atoms with Crippen LogP contribution < -0.4 is 0 Å². The number of ether oxygens (including phenoxy) is 2. The van der Waals surface area contributed by atoms with Gasteiger partial charge in [0.05, 0.1) is 18.8 Å². The summed E-state index contributed by atoms with van der Waals surface area (Å²) in [5.41, 5.74) is 0. The molecule has 1 aliphatic heterocycles. The Labute approximate surface area is 113 Å². The second kappa shape index (κ2) is 7.45. The van der Waals surface area contributed by atoms with Crippen molar-refractivity contribution < 1.29 is 24.2 Å². The zero-order valence-electron chi connectivity index (χ0n) is 11.8. The molecule has 6 nitrogen and oxygen atoms in total. The van der Waals surface area contributed by atoms with Crippen molar-refractivity contribution in [2.75, 3.05) is 19.7 Å². The molecule has 6 heteroatoms. The summed E-state index contributed by atoms with van der Waals surface area (Å²) in [5, 5.41) is 8.95. The molecule has 1 N–H and O–H groups in total. The van der Waals surface area contributed by atoms with Crippen molar-refractivity contribution in [1.82, 2.24) is 4.90 Å². The SMILES string of the molecule is CC(C)OCCCC(=O)N1CC(C(=O)O)O[C@H](C)C1. The lowest BCUT2D eigenvalue weighted by Gasteiger charge is -2.35. The van der Waals surface area contributed by atoms with Crippen LogP contribution in [0.2, 0.25) is 0 Å². The van der Waals surface area contributed by atoms with Crippen LogP contribution in [0.3, 0.4) is 0 Å². The van der Waals surface area contributed by atoms with Crippen LogP contribution in [0.1, 0.15) is 33.6 Å². The summed E-state index contributed by atoms with van der Waals surface area (Å²) < 4.78 is 10.6. The van der Waals surface area contributed by atoms with Gasteiger partial charge in [0, 0.05) is 19.6 Å². The molecule has 0 spiro atoms. The van der Waals surface area contributed by atoms with Crippen LogP contribution in [-0.4, -0.2) is 59.9 Å². The molecule has 1 amide bonds. The molecule has 0 saturated carbocycles. The normalized spacial score (nSPS) is 23.7. The fourth-order valence-corrected chi connectivity index (χ4v) is 1.99. The third-order valence-corrected chi connectivity index (χ3v) is 2.87. The first-order valence-corrected chi connectivity index (χ1v) is 6.67. The van der Waals surface area contributed by atoms with Gasteiger partial charge >= 0.3 is 5.97 Å². The molecule has 1 unspecified atom stereocenters. The molecule has 0 aromatic rings. The van der Waals surface area contributed by atoms with Crippen molar-refractivity contribution in [2.45, 2.75) is 51.9 Å². The topological polar surface area (TPSA) is 76.1 Å². The van der Waals surface area contributed by atoms with Gasteiger partial charge in [0.1, 0.15) is 0 Å². The number of rotatable bonds is 6. The number of carboxylic acid groups (broad SMARTS) is 1. The zero-order valence-corrected chi connectivity index (χ0v) is 11.8. The van der Waals surface area contributed by atoms with Gasteiger partial charge in [0.25, 0.3) is 0 Å². The van der Waals surface area contributed by atoms with Crippen molar-refractivity contribution in [1.29, 1.82) is 0 Å². The minimum absolute atomic E-state index is 0.0336. The predicted molar refractivity (Wildman–Crippen MR) is 68.9 cm³/mol. The van der Waals surface area contributed by atoms with Crippen molar-refractivity contribution in [3.05, 3.63) is 0 Å². The quantitative estimate of drug-likeness (QED) is 0.727. The van der Waals surface area contributed by atoms with Gasteiger partial charge < -0.3 is 19.5 Å². The van der Waals surface area contributed by atoms with Crippen molar-refractivity contribution in [3.63, 3.8) is 0 Å². The number of carboxylic acids is 1. The van der Waals surface area contributed by atoms with Gasteiger partial charge in [-0.15, -0.1) is 0 Å². The van der Waals surface area contributed by atoms with Crippen LogP contribution >= 0.6 is 0 Å². The summed E-state index contributed by atoms with van der Waals surface area (Å²) in [7, 11) is 0. The molecule has 1 heterocycles. The minimum Gasteiger partial charge on any atom is -0.479 e. The van der Waals surface area contributed by atoms with Gasteiger partial charge in [-0.25, -0.2) is 4.79 Å². The summed E-state index contributed by atoms with van der Waals surface area (Å²) in [6.45, 7) is 6.80. The molecule has 19 heavy (non-hydrogen) atoms. The highest BCUT2D eigenvalue weighted by Crippen LogP contribution is 2.13. The Balaban J connectivity index is 2.36. The summed E-state index contributed by atoms with van der Waals surface area (Å²) in [5.74, 6) is -1.05. The number of hydrogen-bond donors (Lipinski definition) is 1. The summed E-state index contributed by atoms with van der Waals surface area (Å²) in [6.07, 6.45) is 0.0342. The highest BCUT2D eigenvalue weighted by Gasteiger charge is 2.32. The second-order valence-electron chi connectivity index (χ2n) is 5.10. The van der Waals surface area contributed by atoms with Crippen LogP contribution in [0.4, 0.5) is 0 Å². The molecule has 2 atom stereocenters. The molecule has 0 aromatic carbocycles. The number of nitrogens with zero attached hydrogens (tertiary/aromatic N) is 1. The Bertz CT molecular complexity index is 318. The zero-order chi connectivity index (χ0) is 14.4. The first-order chi connectivity index (χ1) is 8.90. The number of carbonyl (C=O) groups excluding carboxylic acids is 1. The summed E-state index contributed by atoms with van der Waals surface area (Å²) >= 11 is 0. The van der Waals surface area contributed by atoms with Gasteiger partial charge in [-0.1, -0.05) is 0 Å². The molecule has 0 bridgehead atoms. The van der Waals surface area contributed by atoms with E-state index < -0.39 is 12.1 Å². The Morgan fingerprint density at radius 3 is 2.68 bits per heavy atom. The van der Waals surface area contributed by atoms with Crippen molar-refractivity contribution in [3.8, 4) is 0 Å². The summed E-state index contributed by atoms with van der Waals surface area (Å²) in [4.78, 5) is 24.5. The predicted octanol–water partition coefficient (Wildman–Crippen LogP) is 0.892. The van der Waals surface area contributed by atoms with E-state index in [9.17, 15) is 9.59 Å². The minimum atomic E-state index is -1.02. The van der Waals surface area contributed by atoms with E-state index in [2.05, 4.69) is 0 Å². The standard InChI is InChI=1S/C13H23NO5/c1-9(2)18-6-4-5-12(15)14-7-10(3)19-11(8-14)13(16)17/h9-11H,4-8H2,1-3H3,(H,16,17)/t10-,11?/m1/s1. The van der Waals surface area contributed by atoms with E-state index in [1.54, 1.807) is 11.8 Å². The third kappa shape index (κ3) is 5.57. The van der Waals surface area contributed by atoms with Gasteiger partial charge in [0.15, 0.2) is 6.10 Å². The molecular weight excluding hydrogens is 250 g/mol. The molecule has 110 valence electrons. The molecule has 0 aromatic heterocycles. The molecule has 1 fully saturated rings. The third-order valence-electron chi connectivity index (χ3n) is 2.87. The van der Waals surface area contributed by atoms with Crippen molar-refractivity contribution in [2.24, 2.45) is 0 Å². The van der Waals surface area contributed by atoms with E-state index in [1.165, 1.54) is 0 Å². The second-order valence-corrected chi connectivity index (χ2v) is 5.10. The van der Waals surface area contributed by atoms with Gasteiger partial charge in [-0.2, -0.15) is 0 Å². The van der Waals surface area contributed by atoms with E-state index in [1.807, 2.05) is 13.8 Å². The van der Waals surface area contributed by atoms with Gasteiger partial charge in [-0.05, 0) is 27.2 Å². The number of hydrogen-bond acceptors (Lipinski definition) is 4. The van der Waals surface area contributed by atoms with E-state index in [0.717, 1.165) is 0 Å². The Kier molecular flexibility index (Phi) is 6.24. The lowest BCUT2D eigenvalue weighted by Crippen LogP contribution is -2.51. The number of amides is 1. The molecule has 0 aliphatic carbocycles. The number of aliphatic carboxylic acids is 1. The van der Waals surface area contributed by atoms with E-state index in [0.29, 0.717) is 26.0 Å². The molecule has 1 aliphatic rings.